The smallest absolute Gasteiger partial charge is 0.327 e. The molecule has 0 saturated carbocycles. The molecule has 15 heteroatoms. The molecule has 0 aromatic rings. The Kier molecular flexibility index (Phi) is 18.6. The van der Waals surface area contributed by atoms with Gasteiger partial charge in [0.2, 0.25) is 29.5 Å². The van der Waals surface area contributed by atoms with Crippen molar-refractivity contribution in [2.24, 2.45) is 5.92 Å². The average molecular weight is 754 g/mol. The minimum Gasteiger partial charge on any atom is -0.480 e. The molecule has 5 amide bonds. The van der Waals surface area contributed by atoms with Gasteiger partial charge in [-0.25, -0.2) is 4.79 Å². The van der Waals surface area contributed by atoms with Gasteiger partial charge in [0.1, 0.15) is 36.0 Å². The maximum absolute atomic E-state index is 14.0. The summed E-state index contributed by atoms with van der Waals surface area (Å²) < 4.78 is 0. The van der Waals surface area contributed by atoms with Gasteiger partial charge in [0.15, 0.2) is 0 Å². The van der Waals surface area contributed by atoms with Crippen LogP contribution in [0.3, 0.4) is 0 Å². The monoisotopic (exact) mass is 753 g/mol. The molecule has 4 N–H and O–H groups in total. The normalized spacial score (nSPS) is 25.2. The highest BCUT2D eigenvalue weighted by Gasteiger charge is 2.44. The molecule has 288 valence electrons. The van der Waals surface area contributed by atoms with Crippen molar-refractivity contribution in [2.75, 3.05) is 24.6 Å². The van der Waals surface area contributed by atoms with Crippen molar-refractivity contribution in [1.29, 1.82) is 0 Å². The van der Waals surface area contributed by atoms with Crippen LogP contribution in [-0.2, 0) is 33.6 Å². The van der Waals surface area contributed by atoms with Crippen molar-refractivity contribution in [3.05, 3.63) is 0 Å². The minimum atomic E-state index is -1.24. The predicted molar refractivity (Wildman–Crippen MR) is 199 cm³/mol. The molecular formula is C36H59N5O8S2. The van der Waals surface area contributed by atoms with E-state index in [2.05, 4.69) is 16.0 Å². The molecule has 0 radical (unpaired) electrons. The molecular weight excluding hydrogens is 695 g/mol. The summed E-state index contributed by atoms with van der Waals surface area (Å²) in [6.45, 7) is 6.41. The lowest BCUT2D eigenvalue weighted by Crippen LogP contribution is -2.58. The Morgan fingerprint density at radius 3 is 1.96 bits per heavy atom. The van der Waals surface area contributed by atoms with Crippen LogP contribution in [0.15, 0.2) is 0 Å². The lowest BCUT2D eigenvalue weighted by Gasteiger charge is -2.33. The first-order valence-corrected chi connectivity index (χ1v) is 21.4. The number of nitrogens with zero attached hydrogens (tertiary/aromatic N) is 2. The lowest BCUT2D eigenvalue weighted by molar-refractivity contribution is -0.148. The molecule has 3 aliphatic rings. The van der Waals surface area contributed by atoms with Crippen LogP contribution in [0.4, 0.5) is 0 Å². The predicted octanol–water partition coefficient (Wildman–Crippen LogP) is 3.83. The van der Waals surface area contributed by atoms with Crippen molar-refractivity contribution in [1.82, 2.24) is 25.8 Å². The zero-order chi connectivity index (χ0) is 37.3. The summed E-state index contributed by atoms with van der Waals surface area (Å²) in [6, 6.07) is -4.69. The quantitative estimate of drug-likeness (QED) is 0.134. The minimum absolute atomic E-state index is 0.00103. The Morgan fingerprint density at radius 1 is 0.784 bits per heavy atom. The third-order valence-corrected chi connectivity index (χ3v) is 12.2. The molecule has 3 aliphatic heterocycles. The number of amides is 5. The van der Waals surface area contributed by atoms with E-state index in [0.717, 1.165) is 44.9 Å². The van der Waals surface area contributed by atoms with Gasteiger partial charge in [0, 0.05) is 43.9 Å². The van der Waals surface area contributed by atoms with Gasteiger partial charge < -0.3 is 30.9 Å². The summed E-state index contributed by atoms with van der Waals surface area (Å²) in [5.41, 5.74) is 0. The zero-order valence-corrected chi connectivity index (χ0v) is 32.3. The van der Waals surface area contributed by atoms with Crippen LogP contribution in [-0.4, -0.2) is 111 Å². The Bertz CT molecular complexity index is 1220. The number of hydrogen-bond donors (Lipinski definition) is 4. The summed E-state index contributed by atoms with van der Waals surface area (Å²) >= 11 is 0. The van der Waals surface area contributed by atoms with Crippen molar-refractivity contribution in [3.8, 4) is 0 Å². The number of carbonyl (C=O) groups excluding carboxylic acids is 6. The first kappa shape index (κ1) is 42.6. The molecule has 0 spiro atoms. The summed E-state index contributed by atoms with van der Waals surface area (Å²) in [4.78, 5) is 94.5. The summed E-state index contributed by atoms with van der Waals surface area (Å²) in [7, 11) is 2.41. The molecule has 3 rings (SSSR count). The van der Waals surface area contributed by atoms with E-state index in [0.29, 0.717) is 70.2 Å². The highest BCUT2D eigenvalue weighted by atomic mass is 33.1. The Morgan fingerprint density at radius 2 is 1.35 bits per heavy atom. The van der Waals surface area contributed by atoms with Crippen molar-refractivity contribution in [3.63, 3.8) is 0 Å². The summed E-state index contributed by atoms with van der Waals surface area (Å²) in [5, 5.41) is 18.1. The Balaban J connectivity index is 1.66. The number of rotatable bonds is 16. The topological polar surface area (TPSA) is 182 Å². The van der Waals surface area contributed by atoms with E-state index in [1.807, 2.05) is 20.8 Å². The number of aliphatic carboxylic acids is 1. The van der Waals surface area contributed by atoms with E-state index in [9.17, 15) is 38.7 Å². The number of unbranched alkanes of at least 4 members (excludes halogenated alkanes) is 7. The molecule has 0 bridgehead atoms. The van der Waals surface area contributed by atoms with E-state index in [1.54, 1.807) is 0 Å². The first-order valence-electron chi connectivity index (χ1n) is 18.9. The van der Waals surface area contributed by atoms with Crippen LogP contribution >= 0.6 is 21.6 Å². The molecule has 13 nitrogen and oxygen atoms in total. The largest absolute Gasteiger partial charge is 0.480 e. The van der Waals surface area contributed by atoms with E-state index in [1.165, 1.54) is 31.4 Å². The van der Waals surface area contributed by atoms with Gasteiger partial charge in [-0.15, -0.1) is 0 Å². The number of ketones is 1. The fourth-order valence-electron chi connectivity index (χ4n) is 6.92. The summed E-state index contributed by atoms with van der Waals surface area (Å²) in [6.07, 6.45) is 11.7. The standard InChI is InChI=1S/C36H59N5O8S2/c1-4-25(42)15-11-9-7-5-6-8-10-12-18-31(43)37-27-22-50-51-23-28(36(48)49)39-32(44)26(21-24(2)3)38-33(45)29-16-13-19-40(29)35(47)30-17-14-20-41(30)34(27)46/h24,26-30H,4-23H2,1-3H3,(H,37,43)(H,38,45)(H,39,44)(H,48,49)/t26?,27?,28?,29-,30-/m0/s1. The molecule has 3 unspecified atom stereocenters. The van der Waals surface area contributed by atoms with E-state index >= 15 is 0 Å². The number of fused-ring (bicyclic) bond motifs is 2. The number of carboxylic acids is 1. The average Bonchev–Trinajstić information content (AvgIpc) is 3.79. The second-order valence-corrected chi connectivity index (χ2v) is 16.9. The lowest BCUT2D eigenvalue weighted by atomic mass is 10.0. The van der Waals surface area contributed by atoms with Crippen LogP contribution in [0.1, 0.15) is 124 Å². The zero-order valence-electron chi connectivity index (χ0n) is 30.6. The van der Waals surface area contributed by atoms with E-state index < -0.39 is 48.0 Å². The number of Topliss-reactive ketones (excluding diaryl/α,β-unsaturated/α-hetero) is 1. The fraction of sp³-hybridized carbons (Fsp3) is 0.806. The molecule has 3 heterocycles. The van der Waals surface area contributed by atoms with Crippen LogP contribution < -0.4 is 16.0 Å². The highest BCUT2D eigenvalue weighted by Crippen LogP contribution is 2.28. The van der Waals surface area contributed by atoms with E-state index in [4.69, 9.17) is 0 Å². The molecule has 3 fully saturated rings. The summed E-state index contributed by atoms with van der Waals surface area (Å²) in [5.74, 6) is -2.72. The van der Waals surface area contributed by atoms with Crippen LogP contribution in [0.5, 0.6) is 0 Å². The van der Waals surface area contributed by atoms with Gasteiger partial charge in [-0.3, -0.25) is 28.8 Å². The molecule has 0 aromatic heterocycles. The molecule has 5 atom stereocenters. The maximum atomic E-state index is 14.0. The fourth-order valence-corrected chi connectivity index (χ4v) is 9.23. The van der Waals surface area contributed by atoms with Gasteiger partial charge in [-0.2, -0.15) is 0 Å². The third-order valence-electron chi connectivity index (χ3n) is 9.80. The SMILES string of the molecule is CCC(=O)CCCCCCCCCCC(=O)NC1CSSCC(C(=O)O)NC(=O)C(CC(C)C)NC(=O)[C@@H]2CCCN2C(=O)[C@@H]2CCCN2C1=O. The maximum Gasteiger partial charge on any atom is 0.327 e. The first-order chi connectivity index (χ1) is 24.4. The molecule has 3 saturated heterocycles. The van der Waals surface area contributed by atoms with Gasteiger partial charge in [0.05, 0.1) is 0 Å². The third kappa shape index (κ3) is 13.9. The van der Waals surface area contributed by atoms with Crippen molar-refractivity contribution in [2.45, 2.75) is 154 Å². The highest BCUT2D eigenvalue weighted by molar-refractivity contribution is 8.76. The number of hydrogen-bond acceptors (Lipinski definition) is 9. The second kappa shape index (κ2) is 22.3. The van der Waals surface area contributed by atoms with Gasteiger partial charge in [-0.05, 0) is 50.9 Å². The molecule has 0 aromatic carbocycles. The van der Waals surface area contributed by atoms with Gasteiger partial charge in [0.25, 0.3) is 0 Å². The second-order valence-electron chi connectivity index (χ2n) is 14.4. The Labute approximate surface area is 310 Å². The van der Waals surface area contributed by atoms with Gasteiger partial charge >= 0.3 is 5.97 Å². The molecule has 0 aliphatic carbocycles. The van der Waals surface area contributed by atoms with Crippen molar-refractivity contribution < 1.29 is 38.7 Å². The Hall–Kier alpha value is -2.81. The van der Waals surface area contributed by atoms with Crippen LogP contribution in [0, 0.1) is 5.92 Å². The van der Waals surface area contributed by atoms with Crippen LogP contribution in [0.25, 0.3) is 0 Å². The number of nitrogens with one attached hydrogen (secondary N) is 3. The number of carboxylic acid groups (broad SMARTS) is 1. The van der Waals surface area contributed by atoms with Crippen LogP contribution in [0.2, 0.25) is 0 Å². The van der Waals surface area contributed by atoms with Crippen molar-refractivity contribution >= 4 is 62.9 Å². The van der Waals surface area contributed by atoms with Gasteiger partial charge in [-0.1, -0.05) is 80.9 Å². The van der Waals surface area contributed by atoms with E-state index in [-0.39, 0.29) is 41.6 Å². The number of carbonyl (C=O) groups is 7. The molecule has 51 heavy (non-hydrogen) atoms.